The van der Waals surface area contributed by atoms with Crippen LogP contribution in [0.5, 0.6) is 0 Å². The zero-order valence-electron chi connectivity index (χ0n) is 9.63. The third-order valence-electron chi connectivity index (χ3n) is 3.58. The van der Waals surface area contributed by atoms with Crippen molar-refractivity contribution in [1.29, 1.82) is 5.26 Å². The van der Waals surface area contributed by atoms with E-state index in [1.807, 2.05) is 0 Å². The van der Waals surface area contributed by atoms with Crippen molar-refractivity contribution < 1.29 is 4.39 Å². The van der Waals surface area contributed by atoms with Crippen LogP contribution in [0.1, 0.15) is 43.6 Å². The minimum Gasteiger partial charge on any atom is -0.205 e. The summed E-state index contributed by atoms with van der Waals surface area (Å²) in [5, 5.41) is 9.40. The third kappa shape index (κ3) is 2.61. The Morgan fingerprint density at radius 1 is 1.29 bits per heavy atom. The van der Waals surface area contributed by atoms with E-state index in [1.54, 1.807) is 12.1 Å². The summed E-state index contributed by atoms with van der Waals surface area (Å²) in [4.78, 5) is 0. The molecule has 0 N–H and O–H groups in total. The average Bonchev–Trinajstić information content (AvgIpc) is 2.37. The number of nitrogens with zero attached hydrogens (tertiary/aromatic N) is 1. The van der Waals surface area contributed by atoms with E-state index in [1.165, 1.54) is 12.5 Å². The Morgan fingerprint density at radius 2 is 2.00 bits per heavy atom. The molecular formula is C14H15ClFN. The van der Waals surface area contributed by atoms with E-state index in [2.05, 4.69) is 6.07 Å². The Kier molecular flexibility index (Phi) is 4.02. The molecule has 0 aromatic heterocycles. The Bertz CT molecular complexity index is 432. The second-order valence-electron chi connectivity index (χ2n) is 4.65. The van der Waals surface area contributed by atoms with Gasteiger partial charge >= 0.3 is 0 Å². The smallest absolute Gasteiger partial charge is 0.146 e. The molecule has 0 bridgehead atoms. The molecule has 0 amide bonds. The van der Waals surface area contributed by atoms with Crippen LogP contribution in [0.4, 0.5) is 4.39 Å². The van der Waals surface area contributed by atoms with Crippen molar-refractivity contribution in [2.45, 2.75) is 38.0 Å². The van der Waals surface area contributed by atoms with Gasteiger partial charge in [-0.25, -0.2) is 4.39 Å². The van der Waals surface area contributed by atoms with Crippen LogP contribution in [0.15, 0.2) is 18.2 Å². The summed E-state index contributed by atoms with van der Waals surface area (Å²) in [6.07, 6.45) is 5.55. The zero-order chi connectivity index (χ0) is 12.3. The van der Waals surface area contributed by atoms with Gasteiger partial charge in [0.15, 0.2) is 0 Å². The minimum absolute atomic E-state index is 0.110. The second-order valence-corrected chi connectivity index (χ2v) is 5.06. The maximum absolute atomic E-state index is 13.9. The second kappa shape index (κ2) is 5.51. The van der Waals surface area contributed by atoms with Crippen molar-refractivity contribution in [2.75, 3.05) is 0 Å². The van der Waals surface area contributed by atoms with Crippen molar-refractivity contribution in [3.8, 4) is 6.07 Å². The van der Waals surface area contributed by atoms with E-state index < -0.39 is 5.82 Å². The normalized spacial score (nSPS) is 18.6. The highest BCUT2D eigenvalue weighted by molar-refractivity contribution is 6.30. The first-order valence-corrected chi connectivity index (χ1v) is 6.45. The lowest BCUT2D eigenvalue weighted by Gasteiger charge is -2.26. The van der Waals surface area contributed by atoms with Crippen molar-refractivity contribution >= 4 is 11.6 Å². The molecule has 3 heteroatoms. The first-order valence-electron chi connectivity index (χ1n) is 6.07. The van der Waals surface area contributed by atoms with E-state index in [9.17, 15) is 9.65 Å². The van der Waals surface area contributed by atoms with Gasteiger partial charge in [0.25, 0.3) is 0 Å². The lowest BCUT2D eigenvalue weighted by Crippen LogP contribution is -2.16. The van der Waals surface area contributed by atoms with Gasteiger partial charge in [-0.05, 0) is 24.8 Å². The van der Waals surface area contributed by atoms with Gasteiger partial charge in [0.2, 0.25) is 0 Å². The van der Waals surface area contributed by atoms with Gasteiger partial charge in [-0.1, -0.05) is 43.0 Å². The summed E-state index contributed by atoms with van der Waals surface area (Å²) in [6.45, 7) is 0. The molecule has 0 radical (unpaired) electrons. The highest BCUT2D eigenvalue weighted by Gasteiger charge is 2.27. The molecule has 1 aliphatic rings. The maximum Gasteiger partial charge on any atom is 0.146 e. The summed E-state index contributed by atoms with van der Waals surface area (Å²) < 4.78 is 13.9. The Labute approximate surface area is 106 Å². The predicted molar refractivity (Wildman–Crippen MR) is 66.3 cm³/mol. The van der Waals surface area contributed by atoms with E-state index in [0.29, 0.717) is 5.56 Å². The van der Waals surface area contributed by atoms with Crippen molar-refractivity contribution in [3.63, 3.8) is 0 Å². The summed E-state index contributed by atoms with van der Waals surface area (Å²) in [5.41, 5.74) is 0.465. The van der Waals surface area contributed by atoms with Gasteiger partial charge in [0, 0.05) is 5.56 Å². The van der Waals surface area contributed by atoms with Crippen LogP contribution in [-0.2, 0) is 0 Å². The van der Waals surface area contributed by atoms with E-state index in [4.69, 9.17) is 11.6 Å². The molecule has 1 fully saturated rings. The number of benzene rings is 1. The number of rotatable bonds is 2. The molecule has 17 heavy (non-hydrogen) atoms. The quantitative estimate of drug-likeness (QED) is 0.750. The highest BCUT2D eigenvalue weighted by atomic mass is 35.5. The highest BCUT2D eigenvalue weighted by Crippen LogP contribution is 2.37. The molecule has 1 aliphatic carbocycles. The van der Waals surface area contributed by atoms with E-state index in [0.717, 1.165) is 25.7 Å². The van der Waals surface area contributed by atoms with Crippen LogP contribution in [0, 0.1) is 23.1 Å². The molecule has 0 spiro atoms. The Balaban J connectivity index is 2.29. The molecule has 1 aromatic carbocycles. The predicted octanol–water partition coefficient (Wildman–Crippen LogP) is 4.67. The molecule has 2 rings (SSSR count). The molecule has 0 heterocycles. The number of nitriles is 1. The van der Waals surface area contributed by atoms with Crippen molar-refractivity contribution in [3.05, 3.63) is 34.6 Å². The number of hydrogen-bond donors (Lipinski definition) is 0. The summed E-state index contributed by atoms with van der Waals surface area (Å²) in [5.74, 6) is -0.498. The van der Waals surface area contributed by atoms with Crippen LogP contribution in [-0.4, -0.2) is 0 Å². The molecule has 1 aromatic rings. The lowest BCUT2D eigenvalue weighted by molar-refractivity contribution is 0.331. The maximum atomic E-state index is 13.9. The first kappa shape index (κ1) is 12.4. The van der Waals surface area contributed by atoms with Gasteiger partial charge in [-0.3, -0.25) is 0 Å². The first-order chi connectivity index (χ1) is 8.24. The molecule has 1 unspecified atom stereocenters. The zero-order valence-corrected chi connectivity index (χ0v) is 10.4. The van der Waals surface area contributed by atoms with Gasteiger partial charge in [-0.15, -0.1) is 0 Å². The van der Waals surface area contributed by atoms with Crippen molar-refractivity contribution in [2.24, 2.45) is 5.92 Å². The molecule has 1 saturated carbocycles. The topological polar surface area (TPSA) is 23.8 Å². The minimum atomic E-state index is -0.425. The molecule has 0 aliphatic heterocycles. The Hall–Kier alpha value is -1.07. The van der Waals surface area contributed by atoms with Crippen LogP contribution >= 0.6 is 11.6 Å². The number of halogens is 2. The van der Waals surface area contributed by atoms with Crippen LogP contribution in [0.3, 0.4) is 0 Å². The van der Waals surface area contributed by atoms with Gasteiger partial charge < -0.3 is 0 Å². The molecule has 0 saturated heterocycles. The monoisotopic (exact) mass is 251 g/mol. The summed E-state index contributed by atoms with van der Waals surface area (Å²) >= 11 is 5.77. The fourth-order valence-electron chi connectivity index (χ4n) is 2.66. The van der Waals surface area contributed by atoms with Crippen molar-refractivity contribution in [1.82, 2.24) is 0 Å². The summed E-state index contributed by atoms with van der Waals surface area (Å²) in [7, 11) is 0. The lowest BCUT2D eigenvalue weighted by atomic mass is 9.77. The van der Waals surface area contributed by atoms with Crippen LogP contribution in [0.2, 0.25) is 5.02 Å². The molecular weight excluding hydrogens is 237 g/mol. The average molecular weight is 252 g/mol. The standard InChI is InChI=1S/C14H15ClFN/c15-13-8-4-7-11(14(13)16)12(9-17)10-5-2-1-3-6-10/h4,7-8,10,12H,1-3,5-6H2. The Morgan fingerprint density at radius 3 is 2.65 bits per heavy atom. The third-order valence-corrected chi connectivity index (χ3v) is 3.87. The van der Waals surface area contributed by atoms with Crippen LogP contribution in [0.25, 0.3) is 0 Å². The van der Waals surface area contributed by atoms with E-state index >= 15 is 0 Å². The van der Waals surface area contributed by atoms with Crippen LogP contribution < -0.4 is 0 Å². The van der Waals surface area contributed by atoms with Gasteiger partial charge in [-0.2, -0.15) is 5.26 Å². The number of hydrogen-bond acceptors (Lipinski definition) is 1. The molecule has 1 atom stereocenters. The van der Waals surface area contributed by atoms with E-state index in [-0.39, 0.29) is 16.9 Å². The van der Waals surface area contributed by atoms with Gasteiger partial charge in [0.1, 0.15) is 5.82 Å². The van der Waals surface area contributed by atoms with Gasteiger partial charge in [0.05, 0.1) is 17.0 Å². The molecule has 90 valence electrons. The SMILES string of the molecule is N#CC(c1cccc(Cl)c1F)C1CCCCC1. The largest absolute Gasteiger partial charge is 0.205 e. The molecule has 1 nitrogen and oxygen atoms in total. The fourth-order valence-corrected chi connectivity index (χ4v) is 2.84. The summed E-state index contributed by atoms with van der Waals surface area (Å²) in [6, 6.07) is 7.18. The fraction of sp³-hybridized carbons (Fsp3) is 0.500.